The molecule has 0 saturated carbocycles. The van der Waals surface area contributed by atoms with Crippen LogP contribution < -0.4 is 10.1 Å². The SMILES string of the molecule is Cc1cccc(-n2nc3c(c2NC(=O)[C@@H](C)Oc2ccccc2)C[S@](=O)C3)c1C. The van der Waals surface area contributed by atoms with E-state index in [-0.39, 0.29) is 5.91 Å². The lowest BCUT2D eigenvalue weighted by atomic mass is 10.1. The Hall–Kier alpha value is -2.93. The van der Waals surface area contributed by atoms with Gasteiger partial charge in [0.05, 0.1) is 22.9 Å². The lowest BCUT2D eigenvalue weighted by molar-refractivity contribution is -0.122. The Kier molecular flexibility index (Phi) is 5.24. The summed E-state index contributed by atoms with van der Waals surface area (Å²) in [7, 11) is -0.988. The highest BCUT2D eigenvalue weighted by atomic mass is 32.2. The van der Waals surface area contributed by atoms with E-state index >= 15 is 0 Å². The lowest BCUT2D eigenvalue weighted by Crippen LogP contribution is -2.31. The number of carbonyl (C=O) groups excluding carboxylic acids is 1. The third kappa shape index (κ3) is 3.82. The van der Waals surface area contributed by atoms with Crippen LogP contribution in [0.3, 0.4) is 0 Å². The molecule has 1 aliphatic rings. The predicted molar refractivity (Wildman–Crippen MR) is 114 cm³/mol. The number of nitrogens with one attached hydrogen (secondary N) is 1. The number of hydrogen-bond donors (Lipinski definition) is 1. The molecule has 1 aliphatic heterocycles. The van der Waals surface area contributed by atoms with Gasteiger partial charge in [0.1, 0.15) is 11.6 Å². The van der Waals surface area contributed by atoms with Gasteiger partial charge in [0.15, 0.2) is 6.10 Å². The summed E-state index contributed by atoms with van der Waals surface area (Å²) in [5.41, 5.74) is 4.73. The van der Waals surface area contributed by atoms with Gasteiger partial charge in [-0.25, -0.2) is 4.68 Å². The second-order valence-corrected chi connectivity index (χ2v) is 8.65. The Morgan fingerprint density at radius 2 is 1.90 bits per heavy atom. The number of benzene rings is 2. The molecule has 6 nitrogen and oxygen atoms in total. The fourth-order valence-corrected chi connectivity index (χ4v) is 4.63. The number of amides is 1. The van der Waals surface area contributed by atoms with E-state index in [1.807, 2.05) is 62.4 Å². The minimum atomic E-state index is -0.988. The number of fused-ring (bicyclic) bond motifs is 1. The largest absolute Gasteiger partial charge is 0.481 e. The van der Waals surface area contributed by atoms with E-state index in [9.17, 15) is 9.00 Å². The number of para-hydroxylation sites is 1. The van der Waals surface area contributed by atoms with Crippen molar-refractivity contribution >= 4 is 22.5 Å². The van der Waals surface area contributed by atoms with Crippen LogP contribution in [0.2, 0.25) is 0 Å². The average molecular weight is 410 g/mol. The standard InChI is InChI=1S/C22H23N3O3S/c1-14-8-7-11-20(15(14)2)25-21(18-12-29(27)13-19(18)24-25)23-22(26)16(3)28-17-9-5-4-6-10-17/h4-11,16H,12-13H2,1-3H3,(H,23,26)/t16-,29+/m1/s1. The number of hydrogen-bond acceptors (Lipinski definition) is 4. The maximum Gasteiger partial charge on any atom is 0.266 e. The molecule has 7 heteroatoms. The van der Waals surface area contributed by atoms with Gasteiger partial charge in [-0.3, -0.25) is 9.00 Å². The first kappa shape index (κ1) is 19.4. The third-order valence-electron chi connectivity index (χ3n) is 5.14. The van der Waals surface area contributed by atoms with Gasteiger partial charge in [-0.05, 0) is 50.1 Å². The van der Waals surface area contributed by atoms with E-state index in [1.54, 1.807) is 11.6 Å². The van der Waals surface area contributed by atoms with Crippen molar-refractivity contribution in [2.24, 2.45) is 0 Å². The topological polar surface area (TPSA) is 73.2 Å². The molecule has 0 unspecified atom stereocenters. The van der Waals surface area contributed by atoms with Gasteiger partial charge in [-0.2, -0.15) is 5.10 Å². The zero-order valence-corrected chi connectivity index (χ0v) is 17.5. The number of aromatic nitrogens is 2. The zero-order valence-electron chi connectivity index (χ0n) is 16.6. The quantitative estimate of drug-likeness (QED) is 0.698. The van der Waals surface area contributed by atoms with Gasteiger partial charge in [0.25, 0.3) is 5.91 Å². The minimum Gasteiger partial charge on any atom is -0.481 e. The summed E-state index contributed by atoms with van der Waals surface area (Å²) in [4.78, 5) is 12.9. The molecule has 29 heavy (non-hydrogen) atoms. The molecule has 4 rings (SSSR count). The van der Waals surface area contributed by atoms with Gasteiger partial charge < -0.3 is 10.1 Å². The first-order valence-corrected chi connectivity index (χ1v) is 11.0. The van der Waals surface area contributed by atoms with E-state index in [0.717, 1.165) is 28.1 Å². The molecular weight excluding hydrogens is 386 g/mol. The molecule has 0 spiro atoms. The van der Waals surface area contributed by atoms with Crippen molar-refractivity contribution in [2.45, 2.75) is 38.4 Å². The Balaban J connectivity index is 1.66. The number of aryl methyl sites for hydroxylation is 1. The van der Waals surface area contributed by atoms with Gasteiger partial charge >= 0.3 is 0 Å². The van der Waals surface area contributed by atoms with Crippen molar-refractivity contribution < 1.29 is 13.7 Å². The van der Waals surface area contributed by atoms with Crippen LogP contribution in [0.5, 0.6) is 5.75 Å². The molecule has 3 aromatic rings. The van der Waals surface area contributed by atoms with Crippen molar-refractivity contribution in [2.75, 3.05) is 5.32 Å². The number of anilines is 1. The molecular formula is C22H23N3O3S. The fraction of sp³-hybridized carbons (Fsp3) is 0.273. The highest BCUT2D eigenvalue weighted by molar-refractivity contribution is 7.83. The van der Waals surface area contributed by atoms with E-state index < -0.39 is 16.9 Å². The second-order valence-electron chi connectivity index (χ2n) is 7.20. The molecule has 0 saturated heterocycles. The average Bonchev–Trinajstić information content (AvgIpc) is 3.21. The first-order chi connectivity index (χ1) is 13.9. The maximum atomic E-state index is 12.9. The molecule has 1 N–H and O–H groups in total. The van der Waals surface area contributed by atoms with Crippen molar-refractivity contribution in [1.29, 1.82) is 0 Å². The molecule has 150 valence electrons. The highest BCUT2D eigenvalue weighted by Gasteiger charge is 2.30. The van der Waals surface area contributed by atoms with Crippen LogP contribution in [0.15, 0.2) is 48.5 Å². The van der Waals surface area contributed by atoms with Crippen molar-refractivity contribution in [3.8, 4) is 11.4 Å². The van der Waals surface area contributed by atoms with Gasteiger partial charge in [0, 0.05) is 16.4 Å². The molecule has 1 aromatic heterocycles. The lowest BCUT2D eigenvalue weighted by Gasteiger charge is -2.17. The molecule has 0 fully saturated rings. The maximum absolute atomic E-state index is 12.9. The molecule has 1 amide bonds. The van der Waals surface area contributed by atoms with Crippen LogP contribution in [0.1, 0.15) is 29.3 Å². The molecule has 2 atom stereocenters. The van der Waals surface area contributed by atoms with E-state index in [1.165, 1.54) is 0 Å². The summed E-state index contributed by atoms with van der Waals surface area (Å²) >= 11 is 0. The number of ether oxygens (including phenoxy) is 1. The van der Waals surface area contributed by atoms with E-state index in [2.05, 4.69) is 10.4 Å². The summed E-state index contributed by atoms with van der Waals surface area (Å²) in [5, 5.41) is 7.66. The zero-order chi connectivity index (χ0) is 20.5. The van der Waals surface area contributed by atoms with Crippen molar-refractivity contribution in [3.05, 3.63) is 70.9 Å². The Morgan fingerprint density at radius 1 is 1.14 bits per heavy atom. The Labute approximate surface area is 172 Å². The molecule has 0 radical (unpaired) electrons. The van der Waals surface area contributed by atoms with Gasteiger partial charge in [-0.1, -0.05) is 30.3 Å². The molecule has 0 bridgehead atoms. The van der Waals surface area contributed by atoms with Crippen LogP contribution in [-0.2, 0) is 27.1 Å². The van der Waals surface area contributed by atoms with Crippen LogP contribution >= 0.6 is 0 Å². The number of rotatable bonds is 5. The summed E-state index contributed by atoms with van der Waals surface area (Å²) < 4.78 is 19.6. The van der Waals surface area contributed by atoms with Crippen molar-refractivity contribution in [1.82, 2.24) is 9.78 Å². The molecule has 0 aliphatic carbocycles. The normalized spacial score (nSPS) is 16.3. The van der Waals surface area contributed by atoms with Crippen LogP contribution in [0.4, 0.5) is 5.82 Å². The third-order valence-corrected chi connectivity index (χ3v) is 6.35. The monoisotopic (exact) mass is 409 g/mol. The smallest absolute Gasteiger partial charge is 0.266 e. The number of nitrogens with zero attached hydrogens (tertiary/aromatic N) is 2. The van der Waals surface area contributed by atoms with Crippen molar-refractivity contribution in [3.63, 3.8) is 0 Å². The fourth-order valence-electron chi connectivity index (χ4n) is 3.37. The van der Waals surface area contributed by atoms with E-state index in [0.29, 0.717) is 23.1 Å². The minimum absolute atomic E-state index is 0.277. The summed E-state index contributed by atoms with van der Waals surface area (Å²) in [6, 6.07) is 15.2. The van der Waals surface area contributed by atoms with Crippen LogP contribution in [0, 0.1) is 13.8 Å². The number of carbonyl (C=O) groups is 1. The highest BCUT2D eigenvalue weighted by Crippen LogP contribution is 2.32. The summed E-state index contributed by atoms with van der Waals surface area (Å²) in [6.45, 7) is 5.78. The van der Waals surface area contributed by atoms with Gasteiger partial charge in [-0.15, -0.1) is 0 Å². The summed E-state index contributed by atoms with van der Waals surface area (Å²) in [6.07, 6.45) is -0.693. The first-order valence-electron chi connectivity index (χ1n) is 9.49. The summed E-state index contributed by atoms with van der Waals surface area (Å²) in [5.74, 6) is 1.73. The van der Waals surface area contributed by atoms with Crippen LogP contribution in [-0.4, -0.2) is 26.0 Å². The second kappa shape index (κ2) is 7.83. The van der Waals surface area contributed by atoms with Gasteiger partial charge in [0.2, 0.25) is 0 Å². The molecule has 2 heterocycles. The predicted octanol–water partition coefficient (Wildman–Crippen LogP) is 3.66. The Morgan fingerprint density at radius 3 is 2.66 bits per heavy atom. The Bertz CT molecular complexity index is 1090. The van der Waals surface area contributed by atoms with E-state index in [4.69, 9.17) is 4.74 Å². The van der Waals surface area contributed by atoms with Crippen LogP contribution in [0.25, 0.3) is 5.69 Å². The molecule has 2 aromatic carbocycles.